The lowest BCUT2D eigenvalue weighted by Gasteiger charge is -2.36. The van der Waals surface area contributed by atoms with Crippen LogP contribution in [-0.2, 0) is 0 Å². The Morgan fingerprint density at radius 2 is 2.10 bits per heavy atom. The molecule has 0 radical (unpaired) electrons. The van der Waals surface area contributed by atoms with E-state index in [0.717, 1.165) is 19.5 Å². The molecule has 10 heavy (non-hydrogen) atoms. The van der Waals surface area contributed by atoms with Crippen LogP contribution in [0.25, 0.3) is 0 Å². The Bertz CT molecular complexity index is 108. The van der Waals surface area contributed by atoms with Gasteiger partial charge in [0.1, 0.15) is 0 Å². The highest BCUT2D eigenvalue weighted by Gasteiger charge is 2.19. The van der Waals surface area contributed by atoms with E-state index in [1.807, 2.05) is 0 Å². The van der Waals surface area contributed by atoms with Gasteiger partial charge in [0.2, 0.25) is 0 Å². The van der Waals surface area contributed by atoms with Crippen LogP contribution >= 0.6 is 0 Å². The molecule has 1 aliphatic rings. The van der Waals surface area contributed by atoms with E-state index in [1.165, 1.54) is 0 Å². The summed E-state index contributed by atoms with van der Waals surface area (Å²) >= 11 is 0. The normalized spacial score (nSPS) is 30.9. The highest BCUT2D eigenvalue weighted by atomic mass is 16.3. The first kappa shape index (κ1) is 7.98. The maximum atomic E-state index is 8.85. The van der Waals surface area contributed by atoms with E-state index in [9.17, 15) is 0 Å². The minimum atomic E-state index is 0.332. The molecule has 1 saturated heterocycles. The van der Waals surface area contributed by atoms with Crippen molar-refractivity contribution in [2.24, 2.45) is 5.92 Å². The smallest absolute Gasteiger partial charge is 0.0472 e. The average molecular weight is 144 g/mol. The maximum Gasteiger partial charge on any atom is 0.0472 e. The summed E-state index contributed by atoms with van der Waals surface area (Å²) in [5, 5.41) is 13.2. The second-order valence-electron chi connectivity index (χ2n) is 3.06. The second kappa shape index (κ2) is 3.32. The van der Waals surface area contributed by atoms with Gasteiger partial charge < -0.3 is 5.11 Å². The lowest BCUT2D eigenvalue weighted by atomic mass is 10.1. The van der Waals surface area contributed by atoms with Gasteiger partial charge in [-0.25, -0.2) is 10.0 Å². The molecule has 1 fully saturated rings. The van der Waals surface area contributed by atoms with Gasteiger partial charge in [0.25, 0.3) is 0 Å². The van der Waals surface area contributed by atoms with Crippen molar-refractivity contribution in [2.45, 2.75) is 6.42 Å². The van der Waals surface area contributed by atoms with E-state index in [0.29, 0.717) is 12.5 Å². The Hall–Kier alpha value is -0.120. The van der Waals surface area contributed by atoms with Crippen LogP contribution in [0.1, 0.15) is 6.42 Å². The third-order valence-electron chi connectivity index (χ3n) is 2.22. The van der Waals surface area contributed by atoms with Crippen molar-refractivity contribution in [1.29, 1.82) is 0 Å². The Kier molecular flexibility index (Phi) is 2.65. The highest BCUT2D eigenvalue weighted by Crippen LogP contribution is 2.12. The van der Waals surface area contributed by atoms with E-state index >= 15 is 0 Å². The van der Waals surface area contributed by atoms with Gasteiger partial charge in [-0.15, -0.1) is 0 Å². The Morgan fingerprint density at radius 3 is 2.60 bits per heavy atom. The topological polar surface area (TPSA) is 26.7 Å². The van der Waals surface area contributed by atoms with E-state index in [4.69, 9.17) is 5.11 Å². The zero-order valence-corrected chi connectivity index (χ0v) is 6.75. The zero-order valence-electron chi connectivity index (χ0n) is 6.75. The van der Waals surface area contributed by atoms with Crippen LogP contribution in [0.5, 0.6) is 0 Å². The summed E-state index contributed by atoms with van der Waals surface area (Å²) in [4.78, 5) is 0. The Labute approximate surface area is 62.2 Å². The van der Waals surface area contributed by atoms with Gasteiger partial charge in [-0.2, -0.15) is 0 Å². The fourth-order valence-electron chi connectivity index (χ4n) is 1.29. The number of aliphatic hydroxyl groups is 1. The molecule has 0 spiro atoms. The van der Waals surface area contributed by atoms with Gasteiger partial charge in [0, 0.05) is 33.8 Å². The summed E-state index contributed by atoms with van der Waals surface area (Å²) in [6.07, 6.45) is 1.12. The molecule has 60 valence electrons. The molecule has 1 rings (SSSR count). The van der Waals surface area contributed by atoms with E-state index < -0.39 is 0 Å². The van der Waals surface area contributed by atoms with Gasteiger partial charge >= 0.3 is 0 Å². The van der Waals surface area contributed by atoms with Gasteiger partial charge in [0.05, 0.1) is 0 Å². The molecule has 0 bridgehead atoms. The van der Waals surface area contributed by atoms with Gasteiger partial charge in [-0.05, 0) is 12.3 Å². The van der Waals surface area contributed by atoms with Crippen LogP contribution in [-0.4, -0.2) is 48.9 Å². The largest absolute Gasteiger partial charge is 0.396 e. The fourth-order valence-corrected chi connectivity index (χ4v) is 1.29. The first-order chi connectivity index (χ1) is 4.74. The summed E-state index contributed by atoms with van der Waals surface area (Å²) < 4.78 is 0. The molecule has 1 heterocycles. The third-order valence-corrected chi connectivity index (χ3v) is 2.22. The molecule has 0 amide bonds. The molecule has 0 aliphatic carbocycles. The van der Waals surface area contributed by atoms with Crippen LogP contribution in [0.15, 0.2) is 0 Å². The number of hydrogen-bond donors (Lipinski definition) is 1. The van der Waals surface area contributed by atoms with E-state index in [1.54, 1.807) is 0 Å². The summed E-state index contributed by atoms with van der Waals surface area (Å²) in [5.74, 6) is 0.487. The number of aliphatic hydroxyl groups excluding tert-OH is 1. The predicted octanol–water partition coefficient (Wildman–Crippen LogP) is -0.223. The van der Waals surface area contributed by atoms with E-state index in [2.05, 4.69) is 24.1 Å². The summed E-state index contributed by atoms with van der Waals surface area (Å²) in [7, 11) is 4.13. The van der Waals surface area contributed by atoms with Gasteiger partial charge in [-0.1, -0.05) is 0 Å². The summed E-state index contributed by atoms with van der Waals surface area (Å²) in [6.45, 7) is 2.40. The van der Waals surface area contributed by atoms with Crippen molar-refractivity contribution in [2.75, 3.05) is 33.8 Å². The Morgan fingerprint density at radius 1 is 1.40 bits per heavy atom. The number of rotatable bonds is 1. The predicted molar refractivity (Wildman–Crippen MR) is 40.5 cm³/mol. The quantitative estimate of drug-likeness (QED) is 0.551. The van der Waals surface area contributed by atoms with Crippen molar-refractivity contribution in [3.05, 3.63) is 0 Å². The fraction of sp³-hybridized carbons (Fsp3) is 1.00. The maximum absolute atomic E-state index is 8.85. The minimum absolute atomic E-state index is 0.332. The molecule has 1 atom stereocenters. The van der Waals surface area contributed by atoms with Crippen LogP contribution < -0.4 is 0 Å². The van der Waals surface area contributed by atoms with Crippen molar-refractivity contribution in [3.63, 3.8) is 0 Å². The Balaban J connectivity index is 2.33. The molecule has 1 N–H and O–H groups in total. The van der Waals surface area contributed by atoms with E-state index in [-0.39, 0.29) is 0 Å². The summed E-state index contributed by atoms with van der Waals surface area (Å²) in [5.41, 5.74) is 0. The molecule has 3 heteroatoms. The summed E-state index contributed by atoms with van der Waals surface area (Å²) in [6, 6.07) is 0. The first-order valence-corrected chi connectivity index (χ1v) is 3.77. The van der Waals surface area contributed by atoms with Gasteiger partial charge in [0.15, 0.2) is 0 Å². The zero-order chi connectivity index (χ0) is 7.56. The minimum Gasteiger partial charge on any atom is -0.396 e. The number of hydrazine groups is 1. The lowest BCUT2D eigenvalue weighted by Crippen LogP contribution is -2.46. The molecule has 0 aromatic rings. The lowest BCUT2D eigenvalue weighted by molar-refractivity contribution is -0.0370. The molecule has 1 aliphatic heterocycles. The number of nitrogens with zero attached hydrogens (tertiary/aromatic N) is 2. The van der Waals surface area contributed by atoms with Crippen LogP contribution in [0.4, 0.5) is 0 Å². The standard InChI is InChI=1S/C7H16N2O/c1-8-4-3-7(6-10)5-9(8)2/h7,10H,3-6H2,1-2H3. The number of hydrogen-bond acceptors (Lipinski definition) is 3. The van der Waals surface area contributed by atoms with Crippen molar-refractivity contribution >= 4 is 0 Å². The second-order valence-corrected chi connectivity index (χ2v) is 3.06. The average Bonchev–Trinajstić information content (AvgIpc) is 1.95. The van der Waals surface area contributed by atoms with Crippen LogP contribution in [0.2, 0.25) is 0 Å². The van der Waals surface area contributed by atoms with Gasteiger partial charge in [-0.3, -0.25) is 0 Å². The third kappa shape index (κ3) is 1.68. The molecular formula is C7H16N2O. The van der Waals surface area contributed by atoms with Crippen molar-refractivity contribution < 1.29 is 5.11 Å². The molecule has 3 nitrogen and oxygen atoms in total. The van der Waals surface area contributed by atoms with Crippen LogP contribution in [0.3, 0.4) is 0 Å². The first-order valence-electron chi connectivity index (χ1n) is 3.77. The molecule has 0 aromatic heterocycles. The van der Waals surface area contributed by atoms with Crippen molar-refractivity contribution in [1.82, 2.24) is 10.0 Å². The SMILES string of the molecule is CN1CCC(CO)CN1C. The highest BCUT2D eigenvalue weighted by molar-refractivity contribution is 4.67. The van der Waals surface area contributed by atoms with Crippen molar-refractivity contribution in [3.8, 4) is 0 Å². The monoisotopic (exact) mass is 144 g/mol. The molecule has 0 aromatic carbocycles. The molecule has 1 unspecified atom stereocenters. The molecular weight excluding hydrogens is 128 g/mol. The molecule has 0 saturated carbocycles. The van der Waals surface area contributed by atoms with Crippen LogP contribution in [0, 0.1) is 5.92 Å².